The van der Waals surface area contributed by atoms with Crippen molar-refractivity contribution in [1.29, 1.82) is 0 Å². The molecule has 190 valence electrons. The van der Waals surface area contributed by atoms with E-state index in [1.54, 1.807) is 0 Å². The molecule has 3 N–H and O–H groups in total. The predicted molar refractivity (Wildman–Crippen MR) is 138 cm³/mol. The van der Waals surface area contributed by atoms with Crippen LogP contribution in [-0.2, 0) is 16.0 Å². The number of aliphatic hydroxyl groups excluding tert-OH is 2. The average Bonchev–Trinajstić information content (AvgIpc) is 3.04. The normalized spacial score (nSPS) is 24.2. The van der Waals surface area contributed by atoms with Crippen molar-refractivity contribution in [3.05, 3.63) is 60.2 Å². The summed E-state index contributed by atoms with van der Waals surface area (Å²) in [6, 6.07) is 10.4. The van der Waals surface area contributed by atoms with E-state index in [0.717, 1.165) is 25.7 Å². The molecule has 1 amide bonds. The Bertz CT molecular complexity index is 768. The number of hydrogen-bond acceptors (Lipinski definition) is 4. The maximum absolute atomic E-state index is 11.5. The molecule has 1 aliphatic carbocycles. The fraction of sp³-hybridized carbons (Fsp3) is 0.621. The first-order valence-corrected chi connectivity index (χ1v) is 12.9. The molecule has 0 aliphatic heterocycles. The highest BCUT2D eigenvalue weighted by atomic mass is 16.5. The Balaban J connectivity index is 1.94. The monoisotopic (exact) mass is 471 g/mol. The highest BCUT2D eigenvalue weighted by Gasteiger charge is 2.39. The van der Waals surface area contributed by atoms with Crippen molar-refractivity contribution in [2.45, 2.75) is 96.6 Å². The number of ether oxygens (including phenoxy) is 1. The maximum atomic E-state index is 11.5. The zero-order valence-corrected chi connectivity index (χ0v) is 21.5. The number of allylic oxidation sites excluding steroid dienone is 2. The molecule has 1 saturated carbocycles. The Kier molecular flexibility index (Phi) is 12.0. The van der Waals surface area contributed by atoms with Crippen LogP contribution in [-0.4, -0.2) is 46.6 Å². The van der Waals surface area contributed by atoms with E-state index in [2.05, 4.69) is 74.7 Å². The molecular weight excluding hydrogens is 426 g/mol. The Labute approximate surface area is 206 Å². The standard InChI is InChI=1S/C29H45NO4/c1-5-30-28(33)16-12-7-6-11-15-24-25(27(32)21-26(24)31)20-19-23(34-29(2,3)4)18-17-22-13-9-8-10-14-22/h6,8-11,13-14,19-20,23-27,31-32H,5,7,12,15-18,21H2,1-4H3,(H,30,33)/b11-6-,20-19+/t23-,24+,25+,26-,27+/m0/s1. The number of carbonyl (C=O) groups is 1. The van der Waals surface area contributed by atoms with Crippen LogP contribution < -0.4 is 5.32 Å². The Morgan fingerprint density at radius 3 is 2.59 bits per heavy atom. The molecule has 1 fully saturated rings. The van der Waals surface area contributed by atoms with Crippen LogP contribution in [0.2, 0.25) is 0 Å². The van der Waals surface area contributed by atoms with E-state index in [1.165, 1.54) is 5.56 Å². The van der Waals surface area contributed by atoms with Gasteiger partial charge in [0.05, 0.1) is 23.9 Å². The molecule has 2 rings (SSSR count). The van der Waals surface area contributed by atoms with E-state index in [9.17, 15) is 15.0 Å². The smallest absolute Gasteiger partial charge is 0.219 e. The lowest BCUT2D eigenvalue weighted by molar-refractivity contribution is -0.121. The second kappa shape index (κ2) is 14.4. The minimum absolute atomic E-state index is 0.0182. The average molecular weight is 472 g/mol. The summed E-state index contributed by atoms with van der Waals surface area (Å²) < 4.78 is 6.30. The van der Waals surface area contributed by atoms with Crippen molar-refractivity contribution < 1.29 is 19.7 Å². The van der Waals surface area contributed by atoms with Crippen LogP contribution in [0.4, 0.5) is 0 Å². The van der Waals surface area contributed by atoms with E-state index >= 15 is 0 Å². The molecule has 0 radical (unpaired) electrons. The molecule has 0 unspecified atom stereocenters. The van der Waals surface area contributed by atoms with Gasteiger partial charge >= 0.3 is 0 Å². The number of rotatable bonds is 13. The van der Waals surface area contributed by atoms with Gasteiger partial charge in [-0.15, -0.1) is 0 Å². The molecule has 0 spiro atoms. The van der Waals surface area contributed by atoms with Crippen LogP contribution in [0, 0.1) is 11.8 Å². The first-order valence-electron chi connectivity index (χ1n) is 12.9. The quantitative estimate of drug-likeness (QED) is 0.280. The van der Waals surface area contributed by atoms with E-state index in [0.29, 0.717) is 25.8 Å². The molecule has 1 aromatic rings. The van der Waals surface area contributed by atoms with E-state index in [-0.39, 0.29) is 29.4 Å². The number of hydrogen-bond donors (Lipinski definition) is 3. The molecule has 5 atom stereocenters. The van der Waals surface area contributed by atoms with Gasteiger partial charge in [0, 0.05) is 25.3 Å². The van der Waals surface area contributed by atoms with Crippen molar-refractivity contribution in [1.82, 2.24) is 5.32 Å². The minimum Gasteiger partial charge on any atom is -0.393 e. The van der Waals surface area contributed by atoms with Gasteiger partial charge in [0.25, 0.3) is 0 Å². The third-order valence-electron chi connectivity index (χ3n) is 6.25. The fourth-order valence-corrected chi connectivity index (χ4v) is 4.60. The lowest BCUT2D eigenvalue weighted by Crippen LogP contribution is -2.27. The van der Waals surface area contributed by atoms with Gasteiger partial charge in [0.15, 0.2) is 0 Å². The molecule has 1 aromatic carbocycles. The molecule has 0 saturated heterocycles. The van der Waals surface area contributed by atoms with Crippen molar-refractivity contribution >= 4 is 5.91 Å². The van der Waals surface area contributed by atoms with Gasteiger partial charge in [0.1, 0.15) is 0 Å². The van der Waals surface area contributed by atoms with Crippen LogP contribution in [0.25, 0.3) is 0 Å². The van der Waals surface area contributed by atoms with Crippen LogP contribution in [0.15, 0.2) is 54.6 Å². The lowest BCUT2D eigenvalue weighted by Gasteiger charge is -2.27. The molecule has 0 heterocycles. The Morgan fingerprint density at radius 2 is 1.91 bits per heavy atom. The second-order valence-electron chi connectivity index (χ2n) is 10.3. The molecule has 1 aliphatic rings. The van der Waals surface area contributed by atoms with E-state index < -0.39 is 12.2 Å². The van der Waals surface area contributed by atoms with Crippen molar-refractivity contribution in [2.75, 3.05) is 6.54 Å². The first-order chi connectivity index (χ1) is 16.2. The zero-order chi connectivity index (χ0) is 25.0. The maximum Gasteiger partial charge on any atom is 0.219 e. The first kappa shape index (κ1) is 28.3. The summed E-state index contributed by atoms with van der Waals surface area (Å²) in [6.07, 6.45) is 12.3. The number of aryl methyl sites for hydroxylation is 1. The summed E-state index contributed by atoms with van der Waals surface area (Å²) in [4.78, 5) is 11.5. The second-order valence-corrected chi connectivity index (χ2v) is 10.3. The van der Waals surface area contributed by atoms with Gasteiger partial charge in [-0.25, -0.2) is 0 Å². The van der Waals surface area contributed by atoms with Crippen LogP contribution in [0.5, 0.6) is 0 Å². The highest BCUT2D eigenvalue weighted by Crippen LogP contribution is 2.36. The molecule has 0 aromatic heterocycles. The van der Waals surface area contributed by atoms with Crippen molar-refractivity contribution in [3.63, 3.8) is 0 Å². The molecular formula is C29H45NO4. The summed E-state index contributed by atoms with van der Waals surface area (Å²) in [6.45, 7) is 8.77. The largest absolute Gasteiger partial charge is 0.393 e. The van der Waals surface area contributed by atoms with Crippen LogP contribution in [0.1, 0.15) is 71.8 Å². The Morgan fingerprint density at radius 1 is 1.18 bits per heavy atom. The van der Waals surface area contributed by atoms with Crippen LogP contribution in [0.3, 0.4) is 0 Å². The van der Waals surface area contributed by atoms with Crippen molar-refractivity contribution in [2.24, 2.45) is 11.8 Å². The summed E-state index contributed by atoms with van der Waals surface area (Å²) >= 11 is 0. The van der Waals surface area contributed by atoms with Gasteiger partial charge < -0.3 is 20.3 Å². The number of aliphatic hydroxyl groups is 2. The van der Waals surface area contributed by atoms with Gasteiger partial charge in [0.2, 0.25) is 5.91 Å². The van der Waals surface area contributed by atoms with Gasteiger partial charge in [-0.3, -0.25) is 4.79 Å². The number of unbranched alkanes of at least 4 members (excludes halogenated alkanes) is 1. The summed E-state index contributed by atoms with van der Waals surface area (Å²) in [7, 11) is 0. The molecule has 34 heavy (non-hydrogen) atoms. The van der Waals surface area contributed by atoms with Crippen molar-refractivity contribution in [3.8, 4) is 0 Å². The third-order valence-corrected chi connectivity index (χ3v) is 6.25. The van der Waals surface area contributed by atoms with Crippen LogP contribution >= 0.6 is 0 Å². The predicted octanol–water partition coefficient (Wildman–Crippen LogP) is 4.97. The number of nitrogens with one attached hydrogen (secondary N) is 1. The molecule has 0 bridgehead atoms. The minimum atomic E-state index is -0.549. The van der Waals surface area contributed by atoms with E-state index in [4.69, 9.17) is 4.74 Å². The van der Waals surface area contributed by atoms with Gasteiger partial charge in [-0.2, -0.15) is 0 Å². The SMILES string of the molecule is CCNC(=O)CCC/C=C\C[C@@H]1[C@@H](/C=C/[C@H](CCc2ccccc2)OC(C)(C)C)[C@H](O)C[C@@H]1O. The fourth-order valence-electron chi connectivity index (χ4n) is 4.60. The molecule has 5 heteroatoms. The van der Waals surface area contributed by atoms with E-state index in [1.807, 2.05) is 13.0 Å². The topological polar surface area (TPSA) is 78.8 Å². The molecule has 5 nitrogen and oxygen atoms in total. The zero-order valence-electron chi connectivity index (χ0n) is 21.5. The third kappa shape index (κ3) is 10.5. The van der Waals surface area contributed by atoms with Gasteiger partial charge in [-0.1, -0.05) is 54.6 Å². The summed E-state index contributed by atoms with van der Waals surface area (Å²) in [5.74, 6) is -0.0252. The summed E-state index contributed by atoms with van der Waals surface area (Å²) in [5, 5.41) is 24.0. The van der Waals surface area contributed by atoms with Gasteiger partial charge in [-0.05, 0) is 71.3 Å². The summed E-state index contributed by atoms with van der Waals surface area (Å²) in [5.41, 5.74) is 1.01. The lowest BCUT2D eigenvalue weighted by atomic mass is 9.89. The number of benzene rings is 1. The number of carbonyl (C=O) groups excluding carboxylic acids is 1. The highest BCUT2D eigenvalue weighted by molar-refractivity contribution is 5.75. The Hall–Kier alpha value is -1.95. The number of amides is 1.